The third kappa shape index (κ3) is 3.44. The highest BCUT2D eigenvalue weighted by molar-refractivity contribution is 7.92. The van der Waals surface area contributed by atoms with Crippen LogP contribution in [0, 0.1) is 11.3 Å². The van der Waals surface area contributed by atoms with Gasteiger partial charge in [-0.05, 0) is 42.5 Å². The van der Waals surface area contributed by atoms with Crippen molar-refractivity contribution in [2.24, 2.45) is 5.84 Å². The Morgan fingerprint density at radius 3 is 2.33 bits per heavy atom. The Bertz CT molecular complexity index is 798. The van der Waals surface area contributed by atoms with Gasteiger partial charge in [0.15, 0.2) is 0 Å². The van der Waals surface area contributed by atoms with Crippen LogP contribution in [0.4, 0.5) is 11.4 Å². The lowest BCUT2D eigenvalue weighted by Crippen LogP contribution is -2.13. The minimum atomic E-state index is -3.77. The highest BCUT2D eigenvalue weighted by Crippen LogP contribution is 2.25. The molecule has 0 fully saturated rings. The van der Waals surface area contributed by atoms with Gasteiger partial charge < -0.3 is 5.43 Å². The smallest absolute Gasteiger partial charge is 0.261 e. The molecule has 4 N–H and O–H groups in total. The molecule has 0 saturated heterocycles. The fourth-order valence-corrected chi connectivity index (χ4v) is 2.96. The lowest BCUT2D eigenvalue weighted by atomic mass is 10.2. The molecule has 0 aromatic heterocycles. The zero-order valence-corrected chi connectivity index (χ0v) is 12.2. The van der Waals surface area contributed by atoms with Crippen molar-refractivity contribution < 1.29 is 8.42 Å². The topological polar surface area (TPSA) is 108 Å². The van der Waals surface area contributed by atoms with Crippen molar-refractivity contribution in [3.63, 3.8) is 0 Å². The molecule has 0 atom stereocenters. The van der Waals surface area contributed by atoms with Crippen LogP contribution in [0.15, 0.2) is 47.4 Å². The van der Waals surface area contributed by atoms with Gasteiger partial charge >= 0.3 is 0 Å². The van der Waals surface area contributed by atoms with Gasteiger partial charge in [0, 0.05) is 5.69 Å². The van der Waals surface area contributed by atoms with Gasteiger partial charge in [-0.3, -0.25) is 10.6 Å². The molecule has 108 valence electrons. The van der Waals surface area contributed by atoms with E-state index in [4.69, 9.17) is 22.7 Å². The average Bonchev–Trinajstić information content (AvgIpc) is 2.49. The zero-order valence-electron chi connectivity index (χ0n) is 10.7. The van der Waals surface area contributed by atoms with Crippen molar-refractivity contribution in [1.29, 1.82) is 5.26 Å². The number of hydrogen-bond acceptors (Lipinski definition) is 5. The Labute approximate surface area is 127 Å². The number of hydrazine groups is 1. The standard InChI is InChI=1S/C13H11ClN4O2S/c14-12-7-9(8-15)1-6-13(12)18-21(19,20)11-4-2-10(17-16)3-5-11/h1-7,17-18H,16H2. The van der Waals surface area contributed by atoms with Crippen LogP contribution in [0.1, 0.15) is 5.56 Å². The summed E-state index contributed by atoms with van der Waals surface area (Å²) in [4.78, 5) is 0.0712. The Morgan fingerprint density at radius 1 is 1.14 bits per heavy atom. The van der Waals surface area contributed by atoms with E-state index in [9.17, 15) is 8.42 Å². The predicted molar refractivity (Wildman–Crippen MR) is 81.2 cm³/mol. The molecule has 0 aliphatic heterocycles. The number of sulfonamides is 1. The summed E-state index contributed by atoms with van der Waals surface area (Å²) in [5, 5.41) is 8.90. The van der Waals surface area contributed by atoms with Gasteiger partial charge in [0.2, 0.25) is 0 Å². The molecule has 0 aliphatic carbocycles. The molecule has 0 radical (unpaired) electrons. The minimum Gasteiger partial charge on any atom is -0.324 e. The number of benzene rings is 2. The first kappa shape index (κ1) is 15.1. The van der Waals surface area contributed by atoms with Crippen LogP contribution < -0.4 is 16.0 Å². The minimum absolute atomic E-state index is 0.0712. The monoisotopic (exact) mass is 322 g/mol. The number of anilines is 2. The fraction of sp³-hybridized carbons (Fsp3) is 0. The number of nitrogens with one attached hydrogen (secondary N) is 2. The Morgan fingerprint density at radius 2 is 1.81 bits per heavy atom. The van der Waals surface area contributed by atoms with Crippen molar-refractivity contribution in [2.45, 2.75) is 4.90 Å². The van der Waals surface area contributed by atoms with Crippen LogP contribution in [0.5, 0.6) is 0 Å². The first-order valence-electron chi connectivity index (χ1n) is 5.75. The second-order valence-electron chi connectivity index (χ2n) is 4.08. The summed E-state index contributed by atoms with van der Waals surface area (Å²) in [6.07, 6.45) is 0. The molecule has 8 heteroatoms. The van der Waals surface area contributed by atoms with Crippen molar-refractivity contribution in [3.05, 3.63) is 53.1 Å². The summed E-state index contributed by atoms with van der Waals surface area (Å²) >= 11 is 5.94. The third-order valence-corrected chi connectivity index (χ3v) is 4.37. The van der Waals surface area contributed by atoms with E-state index in [1.54, 1.807) is 0 Å². The number of halogens is 1. The van der Waals surface area contributed by atoms with Crippen molar-refractivity contribution in [3.8, 4) is 6.07 Å². The molecule has 0 unspecified atom stereocenters. The lowest BCUT2D eigenvalue weighted by Gasteiger charge is -2.10. The highest BCUT2D eigenvalue weighted by atomic mass is 35.5. The average molecular weight is 323 g/mol. The Hall–Kier alpha value is -2.27. The summed E-state index contributed by atoms with van der Waals surface area (Å²) in [6, 6.07) is 12.1. The first-order valence-corrected chi connectivity index (χ1v) is 7.61. The summed E-state index contributed by atoms with van der Waals surface area (Å²) in [5.41, 5.74) is 3.55. The number of rotatable bonds is 4. The number of nitrogens with zero attached hydrogens (tertiary/aromatic N) is 1. The maximum atomic E-state index is 12.2. The molecule has 6 nitrogen and oxygen atoms in total. The van der Waals surface area contributed by atoms with Crippen LogP contribution in [0.3, 0.4) is 0 Å². The van der Waals surface area contributed by atoms with Crippen molar-refractivity contribution in [2.75, 3.05) is 10.1 Å². The van der Waals surface area contributed by atoms with Gasteiger partial charge in [-0.15, -0.1) is 0 Å². The molecule has 0 spiro atoms. The van der Waals surface area contributed by atoms with E-state index in [0.717, 1.165) is 0 Å². The van der Waals surface area contributed by atoms with Crippen LogP contribution in [-0.2, 0) is 10.0 Å². The zero-order chi connectivity index (χ0) is 15.5. The van der Waals surface area contributed by atoms with Gasteiger partial charge in [0.05, 0.1) is 27.2 Å². The first-order chi connectivity index (χ1) is 9.96. The summed E-state index contributed by atoms with van der Waals surface area (Å²) in [5.74, 6) is 5.22. The summed E-state index contributed by atoms with van der Waals surface area (Å²) in [6.45, 7) is 0. The van der Waals surface area contributed by atoms with Gasteiger partial charge in [0.25, 0.3) is 10.0 Å². The highest BCUT2D eigenvalue weighted by Gasteiger charge is 2.15. The molecular formula is C13H11ClN4O2S. The van der Waals surface area contributed by atoms with Crippen molar-refractivity contribution >= 4 is 33.0 Å². The molecule has 2 aromatic rings. The van der Waals surface area contributed by atoms with E-state index in [-0.39, 0.29) is 15.6 Å². The fourth-order valence-electron chi connectivity index (χ4n) is 1.60. The predicted octanol–water partition coefficient (Wildman–Crippen LogP) is 2.30. The van der Waals surface area contributed by atoms with E-state index >= 15 is 0 Å². The number of nitrogen functional groups attached to an aromatic ring is 1. The second-order valence-corrected chi connectivity index (χ2v) is 6.17. The van der Waals surface area contributed by atoms with Crippen molar-refractivity contribution in [1.82, 2.24) is 0 Å². The molecule has 0 bridgehead atoms. The van der Waals surface area contributed by atoms with E-state index in [1.807, 2.05) is 6.07 Å². The normalized spacial score (nSPS) is 10.7. The molecule has 2 rings (SSSR count). The quantitative estimate of drug-likeness (QED) is 0.591. The third-order valence-electron chi connectivity index (χ3n) is 2.67. The maximum absolute atomic E-state index is 12.2. The van der Waals surface area contributed by atoms with Crippen LogP contribution in [0.25, 0.3) is 0 Å². The van der Waals surface area contributed by atoms with Gasteiger partial charge in [-0.2, -0.15) is 5.26 Å². The number of hydrogen-bond donors (Lipinski definition) is 3. The molecule has 21 heavy (non-hydrogen) atoms. The van der Waals surface area contributed by atoms with E-state index in [1.165, 1.54) is 42.5 Å². The van der Waals surface area contributed by atoms with Gasteiger partial charge in [-0.1, -0.05) is 11.6 Å². The lowest BCUT2D eigenvalue weighted by molar-refractivity contribution is 0.601. The molecule has 2 aromatic carbocycles. The van der Waals surface area contributed by atoms with E-state index in [2.05, 4.69) is 10.1 Å². The molecule has 0 heterocycles. The SMILES string of the molecule is N#Cc1ccc(NS(=O)(=O)c2ccc(NN)cc2)c(Cl)c1. The molecule has 0 amide bonds. The summed E-state index contributed by atoms with van der Waals surface area (Å²) in [7, 11) is -3.77. The number of nitriles is 1. The van der Waals surface area contributed by atoms with Crippen LogP contribution in [0.2, 0.25) is 5.02 Å². The van der Waals surface area contributed by atoms with Gasteiger partial charge in [0.1, 0.15) is 0 Å². The van der Waals surface area contributed by atoms with E-state index in [0.29, 0.717) is 11.3 Å². The molecule has 0 saturated carbocycles. The van der Waals surface area contributed by atoms with Crippen LogP contribution in [-0.4, -0.2) is 8.42 Å². The Balaban J connectivity index is 2.30. The second kappa shape index (κ2) is 6.01. The summed E-state index contributed by atoms with van der Waals surface area (Å²) < 4.78 is 26.8. The molecular weight excluding hydrogens is 312 g/mol. The van der Waals surface area contributed by atoms with E-state index < -0.39 is 10.0 Å². The Kier molecular flexibility index (Phi) is 4.33. The molecule has 0 aliphatic rings. The number of nitrogens with two attached hydrogens (primary N) is 1. The largest absolute Gasteiger partial charge is 0.324 e. The van der Waals surface area contributed by atoms with Gasteiger partial charge in [-0.25, -0.2) is 8.42 Å². The van der Waals surface area contributed by atoms with Crippen LogP contribution >= 0.6 is 11.6 Å². The maximum Gasteiger partial charge on any atom is 0.261 e.